The number of nitrogens with zero attached hydrogens (tertiary/aromatic N) is 3. The van der Waals surface area contributed by atoms with Crippen molar-refractivity contribution in [2.75, 3.05) is 25.4 Å². The lowest BCUT2D eigenvalue weighted by Crippen LogP contribution is -2.45. The molecular weight excluding hydrogens is 210 g/mol. The average molecular weight is 225 g/mol. The molecule has 2 heterocycles. The van der Waals surface area contributed by atoms with E-state index < -0.39 is 0 Å². The fraction of sp³-hybridized carbons (Fsp3) is 0.667. The van der Waals surface area contributed by atoms with E-state index in [0.717, 1.165) is 6.42 Å². The number of hydrogen-bond donors (Lipinski definition) is 2. The van der Waals surface area contributed by atoms with E-state index >= 15 is 0 Å². The number of aromatic nitrogens is 3. The largest absolute Gasteiger partial charge is 0.375 e. The maximum absolute atomic E-state index is 12.0. The Balaban J connectivity index is 2.04. The van der Waals surface area contributed by atoms with Crippen molar-refractivity contribution in [1.29, 1.82) is 0 Å². The highest BCUT2D eigenvalue weighted by atomic mass is 16.5. The average Bonchev–Trinajstić information content (AvgIpc) is 2.75. The number of H-pyrrole nitrogens is 1. The summed E-state index contributed by atoms with van der Waals surface area (Å²) in [6.07, 6.45) is 1.00. The van der Waals surface area contributed by atoms with E-state index in [1.807, 2.05) is 6.92 Å². The first-order valence-corrected chi connectivity index (χ1v) is 5.29. The topological polar surface area (TPSA) is 97.1 Å². The van der Waals surface area contributed by atoms with Crippen LogP contribution in [-0.2, 0) is 4.74 Å². The van der Waals surface area contributed by atoms with Gasteiger partial charge in [-0.05, 0) is 6.42 Å². The molecule has 0 saturated carbocycles. The zero-order valence-corrected chi connectivity index (χ0v) is 9.14. The third kappa shape index (κ3) is 2.13. The summed E-state index contributed by atoms with van der Waals surface area (Å²) >= 11 is 0. The summed E-state index contributed by atoms with van der Waals surface area (Å²) in [7, 11) is 0. The Labute approximate surface area is 93.0 Å². The summed E-state index contributed by atoms with van der Waals surface area (Å²) in [5, 5.41) is 6.15. The van der Waals surface area contributed by atoms with E-state index in [9.17, 15) is 4.79 Å². The molecule has 16 heavy (non-hydrogen) atoms. The Morgan fingerprint density at radius 1 is 1.75 bits per heavy atom. The molecule has 0 aromatic carbocycles. The highest BCUT2D eigenvalue weighted by molar-refractivity contribution is 5.90. The van der Waals surface area contributed by atoms with Gasteiger partial charge in [-0.3, -0.25) is 9.89 Å². The number of ether oxygens (including phenoxy) is 1. The van der Waals surface area contributed by atoms with Crippen LogP contribution < -0.4 is 5.73 Å². The van der Waals surface area contributed by atoms with Crippen molar-refractivity contribution in [3.8, 4) is 0 Å². The Morgan fingerprint density at radius 3 is 3.19 bits per heavy atom. The molecule has 2 rings (SSSR count). The number of hydrogen-bond acceptors (Lipinski definition) is 5. The monoisotopic (exact) mass is 225 g/mol. The molecule has 0 bridgehead atoms. The van der Waals surface area contributed by atoms with E-state index in [0.29, 0.717) is 19.7 Å². The molecule has 7 heteroatoms. The molecule has 1 aromatic heterocycles. The van der Waals surface area contributed by atoms with Crippen LogP contribution in [0, 0.1) is 0 Å². The minimum absolute atomic E-state index is 0.0867. The highest BCUT2D eigenvalue weighted by Crippen LogP contribution is 2.10. The number of nitrogen functional groups attached to an aromatic ring is 1. The van der Waals surface area contributed by atoms with Gasteiger partial charge in [0.2, 0.25) is 11.8 Å². The third-order valence-electron chi connectivity index (χ3n) is 2.59. The molecule has 1 amide bonds. The quantitative estimate of drug-likeness (QED) is 0.716. The lowest BCUT2D eigenvalue weighted by molar-refractivity contribution is -0.0230. The van der Waals surface area contributed by atoms with E-state index in [1.165, 1.54) is 0 Å². The third-order valence-corrected chi connectivity index (χ3v) is 2.59. The molecule has 1 atom stereocenters. The first kappa shape index (κ1) is 10.9. The van der Waals surface area contributed by atoms with Gasteiger partial charge in [-0.15, -0.1) is 5.10 Å². The van der Waals surface area contributed by atoms with Crippen LogP contribution in [0.3, 0.4) is 0 Å². The molecule has 1 aromatic rings. The molecule has 0 spiro atoms. The number of nitrogens with two attached hydrogens (primary N) is 1. The Kier molecular flexibility index (Phi) is 3.04. The summed E-state index contributed by atoms with van der Waals surface area (Å²) in [5.74, 6) is 0.101. The summed E-state index contributed by atoms with van der Waals surface area (Å²) < 4.78 is 5.48. The Bertz CT molecular complexity index is 378. The van der Waals surface area contributed by atoms with Gasteiger partial charge in [-0.25, -0.2) is 0 Å². The van der Waals surface area contributed by atoms with Gasteiger partial charge < -0.3 is 15.4 Å². The zero-order valence-electron chi connectivity index (χ0n) is 9.14. The van der Waals surface area contributed by atoms with Crippen LogP contribution in [0.25, 0.3) is 0 Å². The van der Waals surface area contributed by atoms with Gasteiger partial charge in [-0.1, -0.05) is 6.92 Å². The standard InChI is InChI=1S/C9H15N5O2/c1-2-6-5-14(3-4-16-6)8(15)7-11-9(10)13-12-7/h6H,2-5H2,1H3,(H3,10,11,12,13). The molecule has 1 fully saturated rings. The lowest BCUT2D eigenvalue weighted by Gasteiger charge is -2.31. The summed E-state index contributed by atoms with van der Waals surface area (Å²) in [6, 6.07) is 0. The number of aromatic amines is 1. The fourth-order valence-corrected chi connectivity index (χ4v) is 1.67. The van der Waals surface area contributed by atoms with Crippen LogP contribution >= 0.6 is 0 Å². The molecular formula is C9H15N5O2. The van der Waals surface area contributed by atoms with E-state index in [-0.39, 0.29) is 23.8 Å². The van der Waals surface area contributed by atoms with E-state index in [1.54, 1.807) is 4.90 Å². The number of carbonyl (C=O) groups excluding carboxylic acids is 1. The number of anilines is 1. The van der Waals surface area contributed by atoms with Gasteiger partial charge in [0.05, 0.1) is 12.7 Å². The first-order valence-electron chi connectivity index (χ1n) is 5.29. The molecule has 1 aliphatic rings. The smallest absolute Gasteiger partial charge is 0.291 e. The molecule has 88 valence electrons. The van der Waals surface area contributed by atoms with Crippen molar-refractivity contribution in [2.45, 2.75) is 19.4 Å². The first-order chi connectivity index (χ1) is 7.70. The summed E-state index contributed by atoms with van der Waals surface area (Å²) in [4.78, 5) is 17.5. The number of nitrogens with one attached hydrogen (secondary N) is 1. The molecule has 7 nitrogen and oxygen atoms in total. The molecule has 1 unspecified atom stereocenters. The minimum Gasteiger partial charge on any atom is -0.375 e. The van der Waals surface area contributed by atoms with Crippen molar-refractivity contribution in [3.63, 3.8) is 0 Å². The molecule has 0 radical (unpaired) electrons. The van der Waals surface area contributed by atoms with Crippen molar-refractivity contribution in [3.05, 3.63) is 5.82 Å². The number of amides is 1. The second-order valence-corrected chi connectivity index (χ2v) is 3.69. The Hall–Kier alpha value is -1.63. The second kappa shape index (κ2) is 4.48. The number of carbonyl (C=O) groups is 1. The maximum atomic E-state index is 12.0. The van der Waals surface area contributed by atoms with Crippen molar-refractivity contribution in [1.82, 2.24) is 20.1 Å². The van der Waals surface area contributed by atoms with Crippen LogP contribution in [0.1, 0.15) is 24.0 Å². The van der Waals surface area contributed by atoms with Crippen molar-refractivity contribution < 1.29 is 9.53 Å². The summed E-state index contributed by atoms with van der Waals surface area (Å²) in [6.45, 7) is 3.77. The maximum Gasteiger partial charge on any atom is 0.291 e. The SMILES string of the molecule is CCC1CN(C(=O)c2nc(N)n[nH]2)CCO1. The molecule has 1 aliphatic heterocycles. The predicted octanol–water partition coefficient (Wildman–Crippen LogP) is -0.362. The van der Waals surface area contributed by atoms with Crippen LogP contribution in [0.15, 0.2) is 0 Å². The molecule has 1 saturated heterocycles. The molecule has 3 N–H and O–H groups in total. The number of rotatable bonds is 2. The van der Waals surface area contributed by atoms with Crippen LogP contribution in [0.4, 0.5) is 5.95 Å². The summed E-state index contributed by atoms with van der Waals surface area (Å²) in [5.41, 5.74) is 5.35. The van der Waals surface area contributed by atoms with Crippen LogP contribution in [0.2, 0.25) is 0 Å². The number of morpholine rings is 1. The van der Waals surface area contributed by atoms with Crippen LogP contribution in [-0.4, -0.2) is 51.8 Å². The fourth-order valence-electron chi connectivity index (χ4n) is 1.67. The molecule has 0 aliphatic carbocycles. The second-order valence-electron chi connectivity index (χ2n) is 3.69. The van der Waals surface area contributed by atoms with Crippen molar-refractivity contribution >= 4 is 11.9 Å². The van der Waals surface area contributed by atoms with Gasteiger partial charge in [0.15, 0.2) is 0 Å². The van der Waals surface area contributed by atoms with Crippen LogP contribution in [0.5, 0.6) is 0 Å². The lowest BCUT2D eigenvalue weighted by atomic mass is 10.2. The minimum atomic E-state index is -0.175. The van der Waals surface area contributed by atoms with E-state index in [2.05, 4.69) is 15.2 Å². The predicted molar refractivity (Wildman–Crippen MR) is 56.7 cm³/mol. The highest BCUT2D eigenvalue weighted by Gasteiger charge is 2.25. The van der Waals surface area contributed by atoms with Gasteiger partial charge >= 0.3 is 0 Å². The van der Waals surface area contributed by atoms with Crippen molar-refractivity contribution in [2.24, 2.45) is 0 Å². The van der Waals surface area contributed by atoms with E-state index in [4.69, 9.17) is 10.5 Å². The van der Waals surface area contributed by atoms with Gasteiger partial charge in [-0.2, -0.15) is 4.98 Å². The zero-order chi connectivity index (χ0) is 11.5. The van der Waals surface area contributed by atoms with Gasteiger partial charge in [0, 0.05) is 13.1 Å². The van der Waals surface area contributed by atoms with Gasteiger partial charge in [0.1, 0.15) is 0 Å². The van der Waals surface area contributed by atoms with Gasteiger partial charge in [0.25, 0.3) is 5.91 Å². The normalized spacial score (nSPS) is 21.1. The Morgan fingerprint density at radius 2 is 2.56 bits per heavy atom.